The van der Waals surface area contributed by atoms with Gasteiger partial charge in [-0.05, 0) is 31.2 Å². The largest absolute Gasteiger partial charge is 0.379 e. The Kier molecular flexibility index (Phi) is 3.90. The van der Waals surface area contributed by atoms with Crippen molar-refractivity contribution in [2.45, 2.75) is 12.5 Å². The van der Waals surface area contributed by atoms with Gasteiger partial charge in [-0.1, -0.05) is 0 Å². The molecule has 150 valence electrons. The van der Waals surface area contributed by atoms with Gasteiger partial charge < -0.3 is 5.11 Å². The molecule has 0 radical (unpaired) electrons. The fourth-order valence-electron chi connectivity index (χ4n) is 3.64. The minimum Gasteiger partial charge on any atom is -0.379 e. The number of aromatic nitrogens is 6. The molecule has 1 atom stereocenters. The first-order valence-electron chi connectivity index (χ1n) is 9.16. The van der Waals surface area contributed by atoms with E-state index in [1.165, 1.54) is 29.9 Å². The van der Waals surface area contributed by atoms with Gasteiger partial charge >= 0.3 is 0 Å². The highest BCUT2D eigenvalue weighted by molar-refractivity contribution is 5.80. The highest BCUT2D eigenvalue weighted by atomic mass is 19.1. The van der Waals surface area contributed by atoms with Crippen LogP contribution in [-0.2, 0) is 12.6 Å². The summed E-state index contributed by atoms with van der Waals surface area (Å²) in [6.45, 7) is 1.32. The number of benzene rings is 1. The number of hydrogen-bond acceptors (Lipinski definition) is 5. The zero-order valence-electron chi connectivity index (χ0n) is 16.1. The topological polar surface area (TPSA) is 81.1 Å². The van der Waals surface area contributed by atoms with Gasteiger partial charge in [-0.25, -0.2) is 18.3 Å². The minimum atomic E-state index is -2.04. The summed E-state index contributed by atoms with van der Waals surface area (Å²) < 4.78 is 33.2. The second-order valence-corrected chi connectivity index (χ2v) is 7.22. The number of pyridine rings is 1. The van der Waals surface area contributed by atoms with Gasteiger partial charge in [0.2, 0.25) is 0 Å². The first kappa shape index (κ1) is 18.3. The van der Waals surface area contributed by atoms with E-state index in [-0.39, 0.29) is 16.6 Å². The Balaban J connectivity index is 1.72. The molecule has 7 nitrogen and oxygen atoms in total. The molecular formula is C21H16F2N6O. The first-order valence-corrected chi connectivity index (χ1v) is 9.16. The maximum absolute atomic E-state index is 15.3. The summed E-state index contributed by atoms with van der Waals surface area (Å²) >= 11 is 0. The lowest BCUT2D eigenvalue weighted by molar-refractivity contribution is 0.0871. The van der Waals surface area contributed by atoms with Gasteiger partial charge in [0.05, 0.1) is 34.9 Å². The number of nitrogens with zero attached hydrogens (tertiary/aromatic N) is 6. The Bertz CT molecular complexity index is 1420. The van der Waals surface area contributed by atoms with Crippen molar-refractivity contribution in [2.24, 2.45) is 7.05 Å². The minimum absolute atomic E-state index is 0.118. The molecule has 9 heteroatoms. The Hall–Kier alpha value is -3.72. The van der Waals surface area contributed by atoms with Crippen molar-refractivity contribution in [1.29, 1.82) is 0 Å². The van der Waals surface area contributed by atoms with Crippen LogP contribution in [-0.4, -0.2) is 34.5 Å². The molecular weight excluding hydrogens is 390 g/mol. The number of hydrogen-bond donors (Lipinski definition) is 1. The van der Waals surface area contributed by atoms with Gasteiger partial charge in [-0.3, -0.25) is 9.67 Å². The molecule has 30 heavy (non-hydrogen) atoms. The van der Waals surface area contributed by atoms with E-state index in [4.69, 9.17) is 0 Å². The second kappa shape index (κ2) is 6.39. The number of aryl methyl sites for hydroxylation is 1. The highest BCUT2D eigenvalue weighted by Crippen LogP contribution is 2.36. The van der Waals surface area contributed by atoms with Crippen LogP contribution in [0.1, 0.15) is 18.2 Å². The zero-order valence-corrected chi connectivity index (χ0v) is 16.1. The van der Waals surface area contributed by atoms with Gasteiger partial charge in [-0.15, -0.1) is 0 Å². The highest BCUT2D eigenvalue weighted by Gasteiger charge is 2.36. The van der Waals surface area contributed by atoms with E-state index in [1.54, 1.807) is 42.3 Å². The maximum Gasteiger partial charge on any atom is 0.153 e. The molecule has 0 saturated carbocycles. The molecule has 0 aliphatic rings. The lowest BCUT2D eigenvalue weighted by Crippen LogP contribution is -2.28. The summed E-state index contributed by atoms with van der Waals surface area (Å²) in [6, 6.07) is 7.63. The number of imidazole rings is 1. The average molecular weight is 406 g/mol. The summed E-state index contributed by atoms with van der Waals surface area (Å²) in [5, 5.41) is 20.1. The summed E-state index contributed by atoms with van der Waals surface area (Å²) in [5.74, 6) is -1.77. The molecule has 0 fully saturated rings. The van der Waals surface area contributed by atoms with Crippen LogP contribution in [0.2, 0.25) is 0 Å². The molecule has 0 spiro atoms. The molecule has 1 N–H and O–H groups in total. The van der Waals surface area contributed by atoms with Gasteiger partial charge in [0.15, 0.2) is 5.65 Å². The number of halogens is 2. The van der Waals surface area contributed by atoms with Crippen molar-refractivity contribution in [3.63, 3.8) is 0 Å². The van der Waals surface area contributed by atoms with Crippen LogP contribution in [0.25, 0.3) is 27.8 Å². The van der Waals surface area contributed by atoms with Crippen molar-refractivity contribution in [3.05, 3.63) is 78.0 Å². The summed E-state index contributed by atoms with van der Waals surface area (Å²) in [5.41, 5.74) is -0.466. The quantitative estimate of drug-likeness (QED) is 0.498. The summed E-state index contributed by atoms with van der Waals surface area (Å²) in [4.78, 5) is 8.22. The lowest BCUT2D eigenvalue weighted by Gasteiger charge is -2.24. The third-order valence-corrected chi connectivity index (χ3v) is 5.15. The molecule has 0 bridgehead atoms. The first-order chi connectivity index (χ1) is 14.4. The van der Waals surface area contributed by atoms with E-state index in [0.717, 1.165) is 11.6 Å². The van der Waals surface area contributed by atoms with Gasteiger partial charge in [0, 0.05) is 36.5 Å². The summed E-state index contributed by atoms with van der Waals surface area (Å²) in [6.07, 6.45) is 6.26. The third kappa shape index (κ3) is 2.66. The Labute approximate surface area is 169 Å². The number of aliphatic hydroxyl groups is 1. The van der Waals surface area contributed by atoms with Crippen molar-refractivity contribution in [3.8, 4) is 11.3 Å². The van der Waals surface area contributed by atoms with Gasteiger partial charge in [0.25, 0.3) is 0 Å². The molecule has 5 rings (SSSR count). The Morgan fingerprint density at radius 3 is 2.70 bits per heavy atom. The second-order valence-electron chi connectivity index (χ2n) is 7.22. The van der Waals surface area contributed by atoms with Gasteiger partial charge in [0.1, 0.15) is 17.2 Å². The summed E-state index contributed by atoms with van der Waals surface area (Å²) in [7, 11) is 1.79. The molecule has 0 saturated heterocycles. The third-order valence-electron chi connectivity index (χ3n) is 5.15. The molecule has 0 amide bonds. The molecule has 5 aromatic rings. The van der Waals surface area contributed by atoms with Crippen molar-refractivity contribution < 1.29 is 13.9 Å². The van der Waals surface area contributed by atoms with E-state index in [0.29, 0.717) is 11.3 Å². The van der Waals surface area contributed by atoms with Crippen LogP contribution in [0, 0.1) is 11.6 Å². The molecule has 4 aromatic heterocycles. The van der Waals surface area contributed by atoms with E-state index in [1.807, 2.05) is 0 Å². The van der Waals surface area contributed by atoms with Crippen LogP contribution >= 0.6 is 0 Å². The van der Waals surface area contributed by atoms with Crippen molar-refractivity contribution >= 4 is 16.6 Å². The van der Waals surface area contributed by atoms with Crippen molar-refractivity contribution in [2.75, 3.05) is 0 Å². The van der Waals surface area contributed by atoms with Crippen LogP contribution in [0.5, 0.6) is 0 Å². The standard InChI is InChI=1S/C21H16F2N6O/c1-21(30,19-14(22)8-16-13(20(19)23)4-3-7-24-16)17-10-25-18-6-5-15(27-29(17)18)12-9-26-28(2)11-12/h3-11,30H,1-2H3. The molecule has 4 heterocycles. The van der Waals surface area contributed by atoms with E-state index in [2.05, 4.69) is 20.2 Å². The lowest BCUT2D eigenvalue weighted by atomic mass is 9.90. The van der Waals surface area contributed by atoms with Crippen LogP contribution < -0.4 is 0 Å². The van der Waals surface area contributed by atoms with Crippen LogP contribution in [0.4, 0.5) is 8.78 Å². The smallest absolute Gasteiger partial charge is 0.153 e. The van der Waals surface area contributed by atoms with E-state index >= 15 is 4.39 Å². The molecule has 1 unspecified atom stereocenters. The molecule has 0 aliphatic carbocycles. The maximum atomic E-state index is 15.3. The predicted molar refractivity (Wildman–Crippen MR) is 106 cm³/mol. The van der Waals surface area contributed by atoms with E-state index in [9.17, 15) is 9.50 Å². The van der Waals surface area contributed by atoms with E-state index < -0.39 is 22.8 Å². The fourth-order valence-corrected chi connectivity index (χ4v) is 3.64. The van der Waals surface area contributed by atoms with Gasteiger partial charge in [-0.2, -0.15) is 10.2 Å². The van der Waals surface area contributed by atoms with Crippen LogP contribution in [0.15, 0.2) is 55.1 Å². The zero-order chi connectivity index (χ0) is 21.0. The molecule has 0 aliphatic heterocycles. The Morgan fingerprint density at radius 2 is 1.93 bits per heavy atom. The normalized spacial score (nSPS) is 13.8. The molecule has 1 aromatic carbocycles. The fraction of sp³-hybridized carbons (Fsp3) is 0.143. The number of fused-ring (bicyclic) bond motifs is 2. The monoisotopic (exact) mass is 406 g/mol. The van der Waals surface area contributed by atoms with Crippen molar-refractivity contribution in [1.82, 2.24) is 29.4 Å². The number of rotatable bonds is 3. The Morgan fingerprint density at radius 1 is 1.10 bits per heavy atom. The predicted octanol–water partition coefficient (Wildman–Crippen LogP) is 3.21. The van der Waals surface area contributed by atoms with Crippen LogP contribution in [0.3, 0.4) is 0 Å². The average Bonchev–Trinajstić information content (AvgIpc) is 3.33. The SMILES string of the molecule is Cn1cc(-c2ccc3ncc(C(C)(O)c4c(F)cc5ncccc5c4F)n3n2)cn1.